The van der Waals surface area contributed by atoms with Crippen LogP contribution >= 0.6 is 23.2 Å². The second-order valence-corrected chi connectivity index (χ2v) is 5.86. The van der Waals surface area contributed by atoms with E-state index in [4.69, 9.17) is 23.2 Å². The molecule has 0 radical (unpaired) electrons. The molecule has 1 aromatic rings. The lowest BCUT2D eigenvalue weighted by Crippen LogP contribution is -2.32. The molecule has 2 aliphatic heterocycles. The van der Waals surface area contributed by atoms with Crippen LogP contribution in [0.25, 0.3) is 0 Å². The third-order valence-corrected chi connectivity index (χ3v) is 4.39. The highest BCUT2D eigenvalue weighted by atomic mass is 35.5. The first-order valence-corrected chi connectivity index (χ1v) is 6.86. The fourth-order valence-electron chi connectivity index (χ4n) is 2.85. The van der Waals surface area contributed by atoms with Crippen LogP contribution in [0.15, 0.2) is 18.2 Å². The Morgan fingerprint density at radius 3 is 2.50 bits per heavy atom. The summed E-state index contributed by atoms with van der Waals surface area (Å²) in [5.41, 5.74) is 0.550. The van der Waals surface area contributed by atoms with E-state index in [9.17, 15) is 4.79 Å². The van der Waals surface area contributed by atoms with Crippen molar-refractivity contribution >= 4 is 29.1 Å². The molecule has 0 spiro atoms. The van der Waals surface area contributed by atoms with Crippen molar-refractivity contribution in [1.82, 2.24) is 10.2 Å². The van der Waals surface area contributed by atoms with Crippen molar-refractivity contribution in [2.75, 3.05) is 26.2 Å². The van der Waals surface area contributed by atoms with Gasteiger partial charge >= 0.3 is 0 Å². The molecule has 0 saturated carbocycles. The van der Waals surface area contributed by atoms with Crippen LogP contribution in [0.4, 0.5) is 0 Å². The summed E-state index contributed by atoms with van der Waals surface area (Å²) in [6, 6.07) is 5.03. The Balaban J connectivity index is 1.79. The average Bonchev–Trinajstić information content (AvgIpc) is 2.87. The van der Waals surface area contributed by atoms with E-state index in [1.807, 2.05) is 4.90 Å². The number of fused-ring (bicyclic) bond motifs is 1. The van der Waals surface area contributed by atoms with Crippen molar-refractivity contribution in [1.29, 1.82) is 0 Å². The predicted molar refractivity (Wildman–Crippen MR) is 72.2 cm³/mol. The van der Waals surface area contributed by atoms with Gasteiger partial charge in [0.1, 0.15) is 0 Å². The minimum absolute atomic E-state index is 0.0195. The van der Waals surface area contributed by atoms with Gasteiger partial charge < -0.3 is 10.2 Å². The molecule has 2 aliphatic rings. The third-order valence-electron chi connectivity index (χ3n) is 3.84. The second-order valence-electron chi connectivity index (χ2n) is 5.01. The topological polar surface area (TPSA) is 32.3 Å². The SMILES string of the molecule is O=C(c1ccc(Cl)cc1Cl)N1CC2CNCC2C1. The Morgan fingerprint density at radius 1 is 1.22 bits per heavy atom. The van der Waals surface area contributed by atoms with Gasteiger partial charge in [-0.3, -0.25) is 4.79 Å². The van der Waals surface area contributed by atoms with Crippen LogP contribution in [0.2, 0.25) is 10.0 Å². The number of nitrogens with one attached hydrogen (secondary N) is 1. The second kappa shape index (κ2) is 4.72. The smallest absolute Gasteiger partial charge is 0.255 e. The maximum atomic E-state index is 12.4. The van der Waals surface area contributed by atoms with Crippen LogP contribution < -0.4 is 5.32 Å². The maximum Gasteiger partial charge on any atom is 0.255 e. The zero-order valence-electron chi connectivity index (χ0n) is 9.83. The molecule has 3 nitrogen and oxygen atoms in total. The lowest BCUT2D eigenvalue weighted by Gasteiger charge is -2.18. The first kappa shape index (κ1) is 12.3. The van der Waals surface area contributed by atoms with Gasteiger partial charge in [0.05, 0.1) is 10.6 Å². The Hall–Kier alpha value is -0.770. The van der Waals surface area contributed by atoms with E-state index in [2.05, 4.69) is 5.32 Å². The van der Waals surface area contributed by atoms with Crippen molar-refractivity contribution in [2.24, 2.45) is 11.8 Å². The number of rotatable bonds is 1. The molecular weight excluding hydrogens is 271 g/mol. The lowest BCUT2D eigenvalue weighted by molar-refractivity contribution is 0.0782. The summed E-state index contributed by atoms with van der Waals surface area (Å²) < 4.78 is 0. The monoisotopic (exact) mass is 284 g/mol. The molecule has 96 valence electrons. The maximum absolute atomic E-state index is 12.4. The molecule has 3 rings (SSSR count). The summed E-state index contributed by atoms with van der Waals surface area (Å²) in [5.74, 6) is 1.21. The van der Waals surface area contributed by atoms with Crippen molar-refractivity contribution in [3.63, 3.8) is 0 Å². The van der Waals surface area contributed by atoms with Crippen LogP contribution in [0.1, 0.15) is 10.4 Å². The highest BCUT2D eigenvalue weighted by Crippen LogP contribution is 2.29. The standard InChI is InChI=1S/C13H14Cl2N2O/c14-10-1-2-11(12(15)3-10)13(18)17-6-8-4-16-5-9(8)7-17/h1-3,8-9,16H,4-7H2. The first-order valence-electron chi connectivity index (χ1n) is 6.10. The molecule has 0 aliphatic carbocycles. The van der Waals surface area contributed by atoms with Crippen molar-refractivity contribution in [2.45, 2.75) is 0 Å². The van der Waals surface area contributed by atoms with E-state index in [1.165, 1.54) is 0 Å². The van der Waals surface area contributed by atoms with E-state index in [0.29, 0.717) is 27.4 Å². The number of likely N-dealkylation sites (tertiary alicyclic amines) is 1. The van der Waals surface area contributed by atoms with E-state index in [-0.39, 0.29) is 5.91 Å². The number of halogens is 2. The molecule has 2 atom stereocenters. The predicted octanol–water partition coefficient (Wildman–Crippen LogP) is 2.28. The quantitative estimate of drug-likeness (QED) is 0.858. The van der Waals surface area contributed by atoms with Gasteiger partial charge in [-0.15, -0.1) is 0 Å². The molecule has 5 heteroatoms. The molecule has 2 saturated heterocycles. The Kier molecular flexibility index (Phi) is 3.22. The number of carbonyl (C=O) groups is 1. The molecule has 0 bridgehead atoms. The molecule has 18 heavy (non-hydrogen) atoms. The van der Waals surface area contributed by atoms with Crippen molar-refractivity contribution in [3.05, 3.63) is 33.8 Å². The summed E-state index contributed by atoms with van der Waals surface area (Å²) in [6.07, 6.45) is 0. The van der Waals surface area contributed by atoms with Gasteiger partial charge in [0, 0.05) is 31.2 Å². The van der Waals surface area contributed by atoms with Gasteiger partial charge in [0.15, 0.2) is 0 Å². The zero-order valence-corrected chi connectivity index (χ0v) is 11.3. The molecular formula is C13H14Cl2N2O. The summed E-state index contributed by atoms with van der Waals surface area (Å²) in [5, 5.41) is 4.35. The number of hydrogen-bond donors (Lipinski definition) is 1. The number of hydrogen-bond acceptors (Lipinski definition) is 2. The Bertz CT molecular complexity index is 480. The van der Waals surface area contributed by atoms with Crippen LogP contribution in [0, 0.1) is 11.8 Å². The highest BCUT2D eigenvalue weighted by molar-refractivity contribution is 6.36. The molecule has 1 aromatic carbocycles. The van der Waals surface area contributed by atoms with Gasteiger partial charge in [0.2, 0.25) is 0 Å². The summed E-state index contributed by atoms with van der Waals surface area (Å²) in [7, 11) is 0. The molecule has 2 heterocycles. The van der Waals surface area contributed by atoms with Crippen LogP contribution in [-0.2, 0) is 0 Å². The fraction of sp³-hybridized carbons (Fsp3) is 0.462. The number of carbonyl (C=O) groups excluding carboxylic acids is 1. The van der Waals surface area contributed by atoms with Gasteiger partial charge in [-0.25, -0.2) is 0 Å². The fourth-order valence-corrected chi connectivity index (χ4v) is 3.34. The van der Waals surface area contributed by atoms with E-state index in [0.717, 1.165) is 26.2 Å². The summed E-state index contributed by atoms with van der Waals surface area (Å²) >= 11 is 11.9. The van der Waals surface area contributed by atoms with E-state index >= 15 is 0 Å². The summed E-state index contributed by atoms with van der Waals surface area (Å²) in [4.78, 5) is 14.3. The Labute approximate surface area is 116 Å². The van der Waals surface area contributed by atoms with Crippen LogP contribution in [0.5, 0.6) is 0 Å². The van der Waals surface area contributed by atoms with Crippen molar-refractivity contribution in [3.8, 4) is 0 Å². The number of benzene rings is 1. The molecule has 0 aromatic heterocycles. The van der Waals surface area contributed by atoms with E-state index < -0.39 is 0 Å². The number of amides is 1. The Morgan fingerprint density at radius 2 is 1.89 bits per heavy atom. The van der Waals surface area contributed by atoms with Crippen molar-refractivity contribution < 1.29 is 4.79 Å². The van der Waals surface area contributed by atoms with Gasteiger partial charge in [-0.1, -0.05) is 23.2 Å². The minimum Gasteiger partial charge on any atom is -0.338 e. The lowest BCUT2D eigenvalue weighted by atomic mass is 10.0. The van der Waals surface area contributed by atoms with Crippen LogP contribution in [-0.4, -0.2) is 37.0 Å². The van der Waals surface area contributed by atoms with Gasteiger partial charge in [-0.2, -0.15) is 0 Å². The van der Waals surface area contributed by atoms with E-state index in [1.54, 1.807) is 18.2 Å². The highest BCUT2D eigenvalue weighted by Gasteiger charge is 2.38. The largest absolute Gasteiger partial charge is 0.338 e. The molecule has 2 fully saturated rings. The molecule has 1 amide bonds. The van der Waals surface area contributed by atoms with Gasteiger partial charge in [-0.05, 0) is 30.0 Å². The van der Waals surface area contributed by atoms with Crippen LogP contribution in [0.3, 0.4) is 0 Å². The third kappa shape index (κ3) is 2.11. The molecule has 2 unspecified atom stereocenters. The molecule has 1 N–H and O–H groups in total. The first-order chi connectivity index (χ1) is 8.65. The average molecular weight is 285 g/mol. The summed E-state index contributed by atoms with van der Waals surface area (Å²) in [6.45, 7) is 3.69. The normalized spacial score (nSPS) is 26.4. The zero-order chi connectivity index (χ0) is 12.7. The number of nitrogens with zero attached hydrogens (tertiary/aromatic N) is 1. The minimum atomic E-state index is 0.0195. The van der Waals surface area contributed by atoms with Gasteiger partial charge in [0.25, 0.3) is 5.91 Å².